The van der Waals surface area contributed by atoms with Crippen LogP contribution in [0.5, 0.6) is 0 Å². The van der Waals surface area contributed by atoms with Crippen molar-refractivity contribution in [3.05, 3.63) is 34.3 Å². The number of piperazine rings is 1. The standard InChI is InChI=1S/C18H27BrN2/c1-15-3-2-4-18(13-15)21-11-9-20(10-12-21)14-16-5-7-17(19)8-6-16/h5-8,15,18H,2-4,9-14H2,1H3/t15-,18+/m1/s1. The smallest absolute Gasteiger partial charge is 0.0234 e. The third-order valence-corrected chi connectivity index (χ3v) is 5.68. The van der Waals surface area contributed by atoms with E-state index in [1.54, 1.807) is 0 Å². The van der Waals surface area contributed by atoms with Crippen LogP contribution < -0.4 is 0 Å². The highest BCUT2D eigenvalue weighted by Gasteiger charge is 2.27. The molecule has 0 aromatic heterocycles. The molecule has 0 spiro atoms. The van der Waals surface area contributed by atoms with Gasteiger partial charge in [0.05, 0.1) is 0 Å². The first-order chi connectivity index (χ1) is 10.2. The van der Waals surface area contributed by atoms with Crippen molar-refractivity contribution in [3.8, 4) is 0 Å². The molecule has 1 heterocycles. The minimum absolute atomic E-state index is 0.864. The number of rotatable bonds is 3. The van der Waals surface area contributed by atoms with Crippen LogP contribution in [0.1, 0.15) is 38.2 Å². The number of benzene rings is 1. The molecule has 1 aromatic carbocycles. The van der Waals surface area contributed by atoms with Crippen LogP contribution in [-0.4, -0.2) is 42.0 Å². The van der Waals surface area contributed by atoms with Crippen LogP contribution in [0.15, 0.2) is 28.7 Å². The zero-order valence-electron chi connectivity index (χ0n) is 13.1. The van der Waals surface area contributed by atoms with Crippen molar-refractivity contribution in [1.82, 2.24) is 9.80 Å². The molecule has 1 saturated carbocycles. The maximum absolute atomic E-state index is 3.51. The van der Waals surface area contributed by atoms with Gasteiger partial charge < -0.3 is 0 Å². The van der Waals surface area contributed by atoms with Gasteiger partial charge >= 0.3 is 0 Å². The first kappa shape index (κ1) is 15.5. The predicted octanol–water partition coefficient (Wildman–Crippen LogP) is 4.15. The Kier molecular flexibility index (Phi) is 5.36. The summed E-state index contributed by atoms with van der Waals surface area (Å²) in [6, 6.07) is 9.63. The lowest BCUT2D eigenvalue weighted by atomic mass is 9.86. The first-order valence-electron chi connectivity index (χ1n) is 8.41. The summed E-state index contributed by atoms with van der Waals surface area (Å²) in [6.07, 6.45) is 5.73. The summed E-state index contributed by atoms with van der Waals surface area (Å²) in [5.74, 6) is 0.935. The Bertz CT molecular complexity index is 437. The molecule has 2 aliphatic rings. The summed E-state index contributed by atoms with van der Waals surface area (Å²) in [4.78, 5) is 5.36. The summed E-state index contributed by atoms with van der Waals surface area (Å²) in [7, 11) is 0. The van der Waals surface area contributed by atoms with Gasteiger partial charge in [-0.1, -0.05) is 47.8 Å². The molecule has 2 nitrogen and oxygen atoms in total. The fraction of sp³-hybridized carbons (Fsp3) is 0.667. The van der Waals surface area contributed by atoms with E-state index in [0.717, 1.165) is 18.5 Å². The maximum atomic E-state index is 3.51. The molecule has 116 valence electrons. The highest BCUT2D eigenvalue weighted by molar-refractivity contribution is 9.10. The second-order valence-electron chi connectivity index (χ2n) is 6.86. The van der Waals surface area contributed by atoms with Gasteiger partial charge in [0.2, 0.25) is 0 Å². The molecule has 3 heteroatoms. The van der Waals surface area contributed by atoms with Crippen LogP contribution in [-0.2, 0) is 6.54 Å². The lowest BCUT2D eigenvalue weighted by molar-refractivity contribution is 0.0659. The monoisotopic (exact) mass is 350 g/mol. The van der Waals surface area contributed by atoms with Crippen molar-refractivity contribution in [2.45, 2.75) is 45.2 Å². The van der Waals surface area contributed by atoms with Crippen LogP contribution in [0.4, 0.5) is 0 Å². The highest BCUT2D eigenvalue weighted by Crippen LogP contribution is 2.28. The molecule has 0 N–H and O–H groups in total. The molecule has 2 atom stereocenters. The van der Waals surface area contributed by atoms with Gasteiger partial charge in [-0.05, 0) is 36.5 Å². The molecule has 0 bridgehead atoms. The fourth-order valence-electron chi connectivity index (χ4n) is 3.87. The topological polar surface area (TPSA) is 6.48 Å². The maximum Gasteiger partial charge on any atom is 0.0234 e. The summed E-state index contributed by atoms with van der Waals surface area (Å²) in [5.41, 5.74) is 1.43. The van der Waals surface area contributed by atoms with Crippen molar-refractivity contribution in [2.24, 2.45) is 5.92 Å². The van der Waals surface area contributed by atoms with Crippen LogP contribution in [0.25, 0.3) is 0 Å². The SMILES string of the molecule is C[C@@H]1CCC[C@H](N2CCN(Cc3ccc(Br)cc3)CC2)C1. The van der Waals surface area contributed by atoms with Crippen molar-refractivity contribution in [3.63, 3.8) is 0 Å². The van der Waals surface area contributed by atoms with E-state index < -0.39 is 0 Å². The summed E-state index contributed by atoms with van der Waals surface area (Å²) >= 11 is 3.51. The highest BCUT2D eigenvalue weighted by atomic mass is 79.9. The zero-order chi connectivity index (χ0) is 14.7. The van der Waals surface area contributed by atoms with Crippen LogP contribution >= 0.6 is 15.9 Å². The van der Waals surface area contributed by atoms with Gasteiger partial charge in [-0.3, -0.25) is 9.80 Å². The van der Waals surface area contributed by atoms with Gasteiger partial charge in [-0.2, -0.15) is 0 Å². The normalized spacial score (nSPS) is 28.7. The third-order valence-electron chi connectivity index (χ3n) is 5.15. The van der Waals surface area contributed by atoms with Crippen molar-refractivity contribution in [2.75, 3.05) is 26.2 Å². The third kappa shape index (κ3) is 4.30. The number of hydrogen-bond donors (Lipinski definition) is 0. The van der Waals surface area contributed by atoms with Gasteiger partial charge in [-0.25, -0.2) is 0 Å². The Labute approximate surface area is 137 Å². The lowest BCUT2D eigenvalue weighted by Crippen LogP contribution is -2.50. The molecule has 21 heavy (non-hydrogen) atoms. The predicted molar refractivity (Wildman–Crippen MR) is 92.4 cm³/mol. The van der Waals surface area contributed by atoms with Crippen molar-refractivity contribution < 1.29 is 0 Å². The van der Waals surface area contributed by atoms with E-state index >= 15 is 0 Å². The molecule has 0 unspecified atom stereocenters. The Morgan fingerprint density at radius 2 is 1.76 bits per heavy atom. The molecule has 0 radical (unpaired) electrons. The van der Waals surface area contributed by atoms with E-state index in [0.29, 0.717) is 0 Å². The summed E-state index contributed by atoms with van der Waals surface area (Å²) in [6.45, 7) is 8.49. The van der Waals surface area contributed by atoms with Gasteiger partial charge in [0, 0.05) is 43.2 Å². The average molecular weight is 351 g/mol. The molecular formula is C18H27BrN2. The van der Waals surface area contributed by atoms with Crippen molar-refractivity contribution in [1.29, 1.82) is 0 Å². The summed E-state index contributed by atoms with van der Waals surface area (Å²) < 4.78 is 1.17. The van der Waals surface area contributed by atoms with Crippen LogP contribution in [0.2, 0.25) is 0 Å². The molecule has 3 rings (SSSR count). The number of nitrogens with zero attached hydrogens (tertiary/aromatic N) is 2. The minimum atomic E-state index is 0.864. The second-order valence-corrected chi connectivity index (χ2v) is 7.78. The van der Waals surface area contributed by atoms with Gasteiger partial charge in [0.15, 0.2) is 0 Å². The largest absolute Gasteiger partial charge is 0.298 e. The Morgan fingerprint density at radius 3 is 2.43 bits per heavy atom. The minimum Gasteiger partial charge on any atom is -0.298 e. The van der Waals surface area contributed by atoms with Gasteiger partial charge in [0.25, 0.3) is 0 Å². The summed E-state index contributed by atoms with van der Waals surface area (Å²) in [5, 5.41) is 0. The van der Waals surface area contributed by atoms with Crippen LogP contribution in [0.3, 0.4) is 0 Å². The number of hydrogen-bond acceptors (Lipinski definition) is 2. The van der Waals surface area contributed by atoms with E-state index in [9.17, 15) is 0 Å². The van der Waals surface area contributed by atoms with E-state index in [1.165, 1.54) is 61.9 Å². The number of halogens is 1. The van der Waals surface area contributed by atoms with Gasteiger partial charge in [0.1, 0.15) is 0 Å². The second kappa shape index (κ2) is 7.26. The molecular weight excluding hydrogens is 324 g/mol. The molecule has 1 saturated heterocycles. The van der Waals surface area contributed by atoms with Crippen LogP contribution in [0, 0.1) is 5.92 Å². The molecule has 1 aliphatic heterocycles. The molecule has 2 fully saturated rings. The van der Waals surface area contributed by atoms with E-state index in [2.05, 4.69) is 56.9 Å². The molecule has 1 aliphatic carbocycles. The Morgan fingerprint density at radius 1 is 1.05 bits per heavy atom. The molecule has 0 amide bonds. The Balaban J connectivity index is 1.47. The fourth-order valence-corrected chi connectivity index (χ4v) is 4.13. The quantitative estimate of drug-likeness (QED) is 0.807. The first-order valence-corrected chi connectivity index (χ1v) is 9.21. The van der Waals surface area contributed by atoms with E-state index in [1.807, 2.05) is 0 Å². The lowest BCUT2D eigenvalue weighted by Gasteiger charge is -2.42. The van der Waals surface area contributed by atoms with E-state index in [4.69, 9.17) is 0 Å². The Hall–Kier alpha value is -0.380. The van der Waals surface area contributed by atoms with Gasteiger partial charge in [-0.15, -0.1) is 0 Å². The average Bonchev–Trinajstić information content (AvgIpc) is 2.50. The molecule has 1 aromatic rings. The van der Waals surface area contributed by atoms with E-state index in [-0.39, 0.29) is 0 Å². The zero-order valence-corrected chi connectivity index (χ0v) is 14.7. The van der Waals surface area contributed by atoms with Crippen molar-refractivity contribution >= 4 is 15.9 Å².